The van der Waals surface area contributed by atoms with Crippen molar-refractivity contribution in [2.75, 3.05) is 0 Å². The average molecular weight is 210 g/mol. The summed E-state index contributed by atoms with van der Waals surface area (Å²) in [5.74, 6) is -0.226. The van der Waals surface area contributed by atoms with Crippen molar-refractivity contribution in [1.29, 1.82) is 5.26 Å². The fraction of sp³-hybridized carbons (Fsp3) is 0.250. The van der Waals surface area contributed by atoms with E-state index in [1.54, 1.807) is 0 Å². The van der Waals surface area contributed by atoms with Crippen molar-refractivity contribution in [3.8, 4) is 6.07 Å². The molecule has 0 saturated heterocycles. The van der Waals surface area contributed by atoms with Crippen LogP contribution in [-0.4, -0.2) is 10.7 Å². The van der Waals surface area contributed by atoms with Crippen LogP contribution in [0.1, 0.15) is 23.2 Å². The van der Waals surface area contributed by atoms with Crippen LogP contribution in [0.25, 0.3) is 0 Å². The van der Waals surface area contributed by atoms with E-state index in [0.717, 1.165) is 11.3 Å². The van der Waals surface area contributed by atoms with E-state index in [-0.39, 0.29) is 23.6 Å². The minimum atomic E-state index is -0.536. The summed E-state index contributed by atoms with van der Waals surface area (Å²) in [5, 5.41) is 19.9. The SMILES string of the molecule is N#CCCC(=O)c1csc([N+](=O)[O-])c1. The van der Waals surface area contributed by atoms with Crippen LogP contribution in [0.5, 0.6) is 0 Å². The molecule has 14 heavy (non-hydrogen) atoms. The van der Waals surface area contributed by atoms with E-state index >= 15 is 0 Å². The van der Waals surface area contributed by atoms with Gasteiger partial charge < -0.3 is 0 Å². The fourth-order valence-electron chi connectivity index (χ4n) is 0.881. The maximum Gasteiger partial charge on any atom is 0.324 e. The highest BCUT2D eigenvalue weighted by atomic mass is 32.1. The summed E-state index contributed by atoms with van der Waals surface area (Å²) in [6.45, 7) is 0. The van der Waals surface area contributed by atoms with Crippen molar-refractivity contribution in [1.82, 2.24) is 0 Å². The summed E-state index contributed by atoms with van der Waals surface area (Å²) in [4.78, 5) is 21.0. The maximum absolute atomic E-state index is 11.3. The van der Waals surface area contributed by atoms with Gasteiger partial charge in [-0.25, -0.2) is 0 Å². The smallest absolute Gasteiger partial charge is 0.294 e. The molecule has 0 amide bonds. The molecular weight excluding hydrogens is 204 g/mol. The van der Waals surface area contributed by atoms with E-state index in [9.17, 15) is 14.9 Å². The van der Waals surface area contributed by atoms with Gasteiger partial charge in [0.1, 0.15) is 0 Å². The number of thiophene rings is 1. The molecule has 6 heteroatoms. The van der Waals surface area contributed by atoms with Crippen molar-refractivity contribution in [3.05, 3.63) is 27.1 Å². The van der Waals surface area contributed by atoms with E-state index in [1.165, 1.54) is 11.4 Å². The second kappa shape index (κ2) is 4.48. The molecule has 0 aliphatic heterocycles. The van der Waals surface area contributed by atoms with Crippen LogP contribution in [-0.2, 0) is 0 Å². The molecule has 1 aromatic heterocycles. The molecule has 0 bridgehead atoms. The van der Waals surface area contributed by atoms with Crippen molar-refractivity contribution in [2.24, 2.45) is 0 Å². The Labute approximate surface area is 83.7 Å². The van der Waals surface area contributed by atoms with Gasteiger partial charge in [-0.3, -0.25) is 14.9 Å². The summed E-state index contributed by atoms with van der Waals surface area (Å²) in [6.07, 6.45) is 0.257. The zero-order valence-corrected chi connectivity index (χ0v) is 7.91. The monoisotopic (exact) mass is 210 g/mol. The second-order valence-electron chi connectivity index (χ2n) is 2.51. The number of nitro groups is 1. The minimum absolute atomic E-state index is 0.0506. The second-order valence-corrected chi connectivity index (χ2v) is 3.40. The first-order valence-corrected chi connectivity index (χ1v) is 4.66. The third-order valence-corrected chi connectivity index (χ3v) is 2.43. The molecular formula is C8H6N2O3S. The van der Waals surface area contributed by atoms with E-state index in [2.05, 4.69) is 0 Å². The number of rotatable bonds is 4. The fourth-order valence-corrected chi connectivity index (χ4v) is 1.61. The van der Waals surface area contributed by atoms with Crippen LogP contribution in [0, 0.1) is 21.4 Å². The standard InChI is InChI=1S/C8H6N2O3S/c9-3-1-2-7(11)6-4-8(10(12)13)14-5-6/h4-5H,1-2H2. The highest BCUT2D eigenvalue weighted by molar-refractivity contribution is 7.13. The molecule has 0 aliphatic carbocycles. The van der Waals surface area contributed by atoms with Gasteiger partial charge in [0.2, 0.25) is 0 Å². The maximum atomic E-state index is 11.3. The molecule has 0 saturated carbocycles. The molecule has 1 rings (SSSR count). The molecule has 0 radical (unpaired) electrons. The van der Waals surface area contributed by atoms with Crippen molar-refractivity contribution in [3.63, 3.8) is 0 Å². The lowest BCUT2D eigenvalue weighted by molar-refractivity contribution is -0.380. The normalized spacial score (nSPS) is 9.36. The van der Waals surface area contributed by atoms with E-state index < -0.39 is 4.92 Å². The number of carbonyl (C=O) groups is 1. The Balaban J connectivity index is 2.72. The molecule has 0 atom stereocenters. The Kier molecular flexibility index (Phi) is 3.31. The highest BCUT2D eigenvalue weighted by Crippen LogP contribution is 2.23. The number of hydrogen-bond donors (Lipinski definition) is 0. The van der Waals surface area contributed by atoms with Gasteiger partial charge >= 0.3 is 5.00 Å². The molecule has 0 aromatic carbocycles. The van der Waals surface area contributed by atoms with Gasteiger partial charge in [0.05, 0.1) is 11.0 Å². The van der Waals surface area contributed by atoms with Crippen LogP contribution < -0.4 is 0 Å². The summed E-state index contributed by atoms with van der Waals surface area (Å²) < 4.78 is 0. The molecule has 0 fully saturated rings. The van der Waals surface area contributed by atoms with E-state index in [1.807, 2.05) is 6.07 Å². The number of nitrogens with zero attached hydrogens (tertiary/aromatic N) is 2. The third-order valence-electron chi connectivity index (χ3n) is 1.55. The quantitative estimate of drug-likeness (QED) is 0.433. The van der Waals surface area contributed by atoms with E-state index in [0.29, 0.717) is 5.56 Å². The first-order valence-electron chi connectivity index (χ1n) is 3.78. The molecule has 0 N–H and O–H groups in total. The number of nitriles is 1. The summed E-state index contributed by atoms with van der Waals surface area (Å²) in [7, 11) is 0. The largest absolute Gasteiger partial charge is 0.324 e. The lowest BCUT2D eigenvalue weighted by atomic mass is 10.1. The molecule has 0 aliphatic rings. The topological polar surface area (TPSA) is 84.0 Å². The molecule has 0 spiro atoms. The number of Topliss-reactive ketones (excluding diaryl/α,β-unsaturated/α-hetero) is 1. The first-order chi connectivity index (χ1) is 6.65. The zero-order valence-electron chi connectivity index (χ0n) is 7.10. The van der Waals surface area contributed by atoms with Gasteiger partial charge in [0.25, 0.3) is 0 Å². The molecule has 1 heterocycles. The number of ketones is 1. The van der Waals surface area contributed by atoms with E-state index in [4.69, 9.17) is 5.26 Å². The van der Waals surface area contributed by atoms with Crippen LogP contribution >= 0.6 is 11.3 Å². The van der Waals surface area contributed by atoms with Crippen LogP contribution in [0.4, 0.5) is 5.00 Å². The molecule has 72 valence electrons. The number of hydrogen-bond acceptors (Lipinski definition) is 5. The third kappa shape index (κ3) is 2.37. The van der Waals surface area contributed by atoms with Crippen LogP contribution in [0.3, 0.4) is 0 Å². The Hall–Kier alpha value is -1.74. The average Bonchev–Trinajstić information content (AvgIpc) is 2.62. The van der Waals surface area contributed by atoms with Gasteiger partial charge in [-0.05, 0) is 0 Å². The lowest BCUT2D eigenvalue weighted by Crippen LogP contribution is -1.95. The zero-order chi connectivity index (χ0) is 10.6. The Morgan fingerprint density at radius 2 is 2.43 bits per heavy atom. The van der Waals surface area contributed by atoms with Crippen molar-refractivity contribution in [2.45, 2.75) is 12.8 Å². The van der Waals surface area contributed by atoms with Gasteiger partial charge in [0, 0.05) is 29.9 Å². The Morgan fingerprint density at radius 1 is 1.71 bits per heavy atom. The Morgan fingerprint density at radius 3 is 2.93 bits per heavy atom. The summed E-state index contributed by atoms with van der Waals surface area (Å²) in [6, 6.07) is 3.09. The van der Waals surface area contributed by atoms with Gasteiger partial charge in [-0.15, -0.1) is 0 Å². The van der Waals surface area contributed by atoms with Gasteiger partial charge in [0.15, 0.2) is 5.78 Å². The molecule has 5 nitrogen and oxygen atoms in total. The van der Waals surface area contributed by atoms with Crippen molar-refractivity contribution >= 4 is 22.1 Å². The predicted octanol–water partition coefficient (Wildman–Crippen LogP) is 2.14. The number of carbonyl (C=O) groups excluding carboxylic acids is 1. The minimum Gasteiger partial charge on any atom is -0.294 e. The molecule has 1 aromatic rings. The first kappa shape index (κ1) is 10.3. The predicted molar refractivity (Wildman–Crippen MR) is 50.2 cm³/mol. The lowest BCUT2D eigenvalue weighted by Gasteiger charge is -1.89. The summed E-state index contributed by atoms with van der Waals surface area (Å²) in [5.41, 5.74) is 0.317. The highest BCUT2D eigenvalue weighted by Gasteiger charge is 2.14. The van der Waals surface area contributed by atoms with Gasteiger partial charge in [-0.2, -0.15) is 5.26 Å². The van der Waals surface area contributed by atoms with Crippen LogP contribution in [0.2, 0.25) is 0 Å². The van der Waals surface area contributed by atoms with Crippen molar-refractivity contribution < 1.29 is 9.72 Å². The van der Waals surface area contributed by atoms with Gasteiger partial charge in [-0.1, -0.05) is 11.3 Å². The molecule has 0 unspecified atom stereocenters. The summed E-state index contributed by atoms with van der Waals surface area (Å²) >= 11 is 0.917. The van der Waals surface area contributed by atoms with Crippen LogP contribution in [0.15, 0.2) is 11.4 Å². The Bertz CT molecular complexity index is 405.